The van der Waals surface area contributed by atoms with E-state index in [9.17, 15) is 5.26 Å². The molecule has 0 radical (unpaired) electrons. The standard InChI is InChI=1S/C18H27N3/c1-5-21(16-8-6-7-15(4)11-16)17-9-10-18(12-17,13-19)20-14(2)3/h6-8,11,14,17,20H,5,9-10,12H2,1-4H3. The van der Waals surface area contributed by atoms with E-state index >= 15 is 0 Å². The molecular weight excluding hydrogens is 258 g/mol. The van der Waals surface area contributed by atoms with Gasteiger partial charge >= 0.3 is 0 Å². The quantitative estimate of drug-likeness (QED) is 0.898. The van der Waals surface area contributed by atoms with E-state index in [1.165, 1.54) is 11.3 Å². The van der Waals surface area contributed by atoms with Crippen molar-refractivity contribution in [3.8, 4) is 6.07 Å². The summed E-state index contributed by atoms with van der Waals surface area (Å²) in [6.45, 7) is 9.54. The molecule has 0 aliphatic heterocycles. The molecule has 1 aliphatic carbocycles. The molecule has 0 saturated heterocycles. The molecule has 0 amide bonds. The zero-order chi connectivity index (χ0) is 15.5. The van der Waals surface area contributed by atoms with E-state index in [1.807, 2.05) is 0 Å². The molecule has 1 aliphatic rings. The zero-order valence-corrected chi connectivity index (χ0v) is 13.7. The summed E-state index contributed by atoms with van der Waals surface area (Å²) in [6, 6.07) is 12.0. The Labute approximate surface area is 129 Å². The third-order valence-corrected chi connectivity index (χ3v) is 4.38. The van der Waals surface area contributed by atoms with Crippen LogP contribution in [-0.2, 0) is 0 Å². The Bertz CT molecular complexity index is 517. The van der Waals surface area contributed by atoms with Crippen LogP contribution in [0.2, 0.25) is 0 Å². The van der Waals surface area contributed by atoms with Crippen molar-refractivity contribution < 1.29 is 0 Å². The SMILES string of the molecule is CCN(c1cccc(C)c1)C1CCC(C#N)(NC(C)C)C1. The molecule has 0 spiro atoms. The number of hydrogen-bond donors (Lipinski definition) is 1. The van der Waals surface area contributed by atoms with Crippen LogP contribution >= 0.6 is 0 Å². The third-order valence-electron chi connectivity index (χ3n) is 4.38. The van der Waals surface area contributed by atoms with Crippen molar-refractivity contribution in [2.24, 2.45) is 0 Å². The second kappa shape index (κ2) is 6.49. The lowest BCUT2D eigenvalue weighted by Gasteiger charge is -2.32. The van der Waals surface area contributed by atoms with Crippen LogP contribution in [0.4, 0.5) is 5.69 Å². The molecule has 0 heterocycles. The second-order valence-electron chi connectivity index (χ2n) is 6.51. The molecule has 2 unspecified atom stereocenters. The minimum atomic E-state index is -0.351. The van der Waals surface area contributed by atoms with Crippen LogP contribution < -0.4 is 10.2 Å². The Morgan fingerprint density at radius 1 is 1.48 bits per heavy atom. The fraction of sp³-hybridized carbons (Fsp3) is 0.611. The molecular formula is C18H27N3. The van der Waals surface area contributed by atoms with Crippen LogP contribution in [-0.4, -0.2) is 24.2 Å². The van der Waals surface area contributed by atoms with Gasteiger partial charge in [-0.25, -0.2) is 0 Å². The van der Waals surface area contributed by atoms with Gasteiger partial charge in [-0.3, -0.25) is 5.32 Å². The Hall–Kier alpha value is -1.53. The van der Waals surface area contributed by atoms with Crippen molar-refractivity contribution in [2.45, 2.75) is 64.6 Å². The first-order valence-corrected chi connectivity index (χ1v) is 8.02. The molecule has 1 saturated carbocycles. The van der Waals surface area contributed by atoms with Crippen LogP contribution in [0.25, 0.3) is 0 Å². The summed E-state index contributed by atoms with van der Waals surface area (Å²) < 4.78 is 0. The summed E-state index contributed by atoms with van der Waals surface area (Å²) >= 11 is 0. The molecule has 1 aromatic rings. The van der Waals surface area contributed by atoms with E-state index in [0.29, 0.717) is 12.1 Å². The fourth-order valence-corrected chi connectivity index (χ4v) is 3.56. The first-order valence-electron chi connectivity index (χ1n) is 8.02. The van der Waals surface area contributed by atoms with E-state index in [2.05, 4.69) is 68.2 Å². The number of aryl methyl sites for hydroxylation is 1. The maximum absolute atomic E-state index is 9.62. The number of rotatable bonds is 5. The highest BCUT2D eigenvalue weighted by atomic mass is 15.2. The highest BCUT2D eigenvalue weighted by Gasteiger charge is 2.41. The molecule has 2 atom stereocenters. The lowest BCUT2D eigenvalue weighted by molar-refractivity contribution is 0.379. The molecule has 3 heteroatoms. The Morgan fingerprint density at radius 2 is 2.24 bits per heavy atom. The summed E-state index contributed by atoms with van der Waals surface area (Å²) in [5.74, 6) is 0. The van der Waals surface area contributed by atoms with Crippen molar-refractivity contribution in [1.29, 1.82) is 5.26 Å². The maximum Gasteiger partial charge on any atom is 0.109 e. The van der Waals surface area contributed by atoms with Crippen molar-refractivity contribution >= 4 is 5.69 Å². The lowest BCUT2D eigenvalue weighted by Crippen LogP contribution is -2.47. The van der Waals surface area contributed by atoms with Gasteiger partial charge in [0.15, 0.2) is 0 Å². The molecule has 3 nitrogen and oxygen atoms in total. The van der Waals surface area contributed by atoms with Crippen molar-refractivity contribution in [3.05, 3.63) is 29.8 Å². The first kappa shape index (κ1) is 15.9. The summed E-state index contributed by atoms with van der Waals surface area (Å²) in [4.78, 5) is 2.45. The van der Waals surface area contributed by atoms with Crippen molar-refractivity contribution in [3.63, 3.8) is 0 Å². The minimum Gasteiger partial charge on any atom is -0.369 e. The summed E-state index contributed by atoms with van der Waals surface area (Å²) in [7, 11) is 0. The smallest absolute Gasteiger partial charge is 0.109 e. The normalized spacial score (nSPS) is 25.0. The van der Waals surface area contributed by atoms with Gasteiger partial charge in [0.1, 0.15) is 5.54 Å². The number of anilines is 1. The largest absolute Gasteiger partial charge is 0.369 e. The van der Waals surface area contributed by atoms with Crippen molar-refractivity contribution in [2.75, 3.05) is 11.4 Å². The molecule has 0 bridgehead atoms. The van der Waals surface area contributed by atoms with Crippen molar-refractivity contribution in [1.82, 2.24) is 5.32 Å². The monoisotopic (exact) mass is 285 g/mol. The number of nitrogens with zero attached hydrogens (tertiary/aromatic N) is 2. The predicted molar refractivity (Wildman–Crippen MR) is 88.5 cm³/mol. The van der Waals surface area contributed by atoms with Gasteiger partial charge in [0.05, 0.1) is 6.07 Å². The predicted octanol–water partition coefficient (Wildman–Crippen LogP) is 3.63. The van der Waals surface area contributed by atoms with Gasteiger partial charge < -0.3 is 4.90 Å². The molecule has 21 heavy (non-hydrogen) atoms. The molecule has 2 rings (SSSR count). The molecule has 1 N–H and O–H groups in total. The van der Waals surface area contributed by atoms with Crippen LogP contribution in [0.15, 0.2) is 24.3 Å². The van der Waals surface area contributed by atoms with E-state index in [1.54, 1.807) is 0 Å². The van der Waals surface area contributed by atoms with Gasteiger partial charge in [0.25, 0.3) is 0 Å². The van der Waals surface area contributed by atoms with E-state index in [0.717, 1.165) is 25.8 Å². The van der Waals surface area contributed by atoms with Crippen LogP contribution in [0.5, 0.6) is 0 Å². The average Bonchev–Trinajstić information content (AvgIpc) is 2.83. The van der Waals surface area contributed by atoms with E-state index < -0.39 is 0 Å². The fourth-order valence-electron chi connectivity index (χ4n) is 3.56. The zero-order valence-electron chi connectivity index (χ0n) is 13.7. The lowest BCUT2D eigenvalue weighted by atomic mass is 9.98. The minimum absolute atomic E-state index is 0.345. The van der Waals surface area contributed by atoms with E-state index in [4.69, 9.17) is 0 Å². The maximum atomic E-state index is 9.62. The molecule has 1 fully saturated rings. The number of benzene rings is 1. The average molecular weight is 285 g/mol. The Balaban J connectivity index is 2.16. The molecule has 0 aromatic heterocycles. The number of nitrogens with one attached hydrogen (secondary N) is 1. The van der Waals surface area contributed by atoms with Crippen LogP contribution in [0.3, 0.4) is 0 Å². The number of hydrogen-bond acceptors (Lipinski definition) is 3. The van der Waals surface area contributed by atoms with Gasteiger partial charge in [-0.15, -0.1) is 0 Å². The summed E-state index contributed by atoms with van der Waals surface area (Å²) in [6.07, 6.45) is 2.92. The summed E-state index contributed by atoms with van der Waals surface area (Å²) in [5, 5.41) is 13.1. The Kier molecular flexibility index (Phi) is 4.90. The molecule has 114 valence electrons. The van der Waals surface area contributed by atoms with Crippen LogP contribution in [0.1, 0.15) is 45.6 Å². The van der Waals surface area contributed by atoms with Gasteiger partial charge in [-0.1, -0.05) is 12.1 Å². The second-order valence-corrected chi connectivity index (χ2v) is 6.51. The number of nitriles is 1. The highest BCUT2D eigenvalue weighted by molar-refractivity contribution is 5.50. The Morgan fingerprint density at radius 3 is 2.81 bits per heavy atom. The summed E-state index contributed by atoms with van der Waals surface area (Å²) in [5.41, 5.74) is 2.22. The third kappa shape index (κ3) is 3.57. The van der Waals surface area contributed by atoms with Gasteiger partial charge in [0, 0.05) is 24.3 Å². The van der Waals surface area contributed by atoms with Crippen LogP contribution in [0, 0.1) is 18.3 Å². The molecule has 1 aromatic carbocycles. The van der Waals surface area contributed by atoms with E-state index in [-0.39, 0.29) is 5.54 Å². The van der Waals surface area contributed by atoms with Gasteiger partial charge in [-0.2, -0.15) is 5.26 Å². The topological polar surface area (TPSA) is 39.1 Å². The highest BCUT2D eigenvalue weighted by Crippen LogP contribution is 2.35. The van der Waals surface area contributed by atoms with Gasteiger partial charge in [-0.05, 0) is 64.7 Å². The van der Waals surface area contributed by atoms with Gasteiger partial charge in [0.2, 0.25) is 0 Å². The first-order chi connectivity index (χ1) is 9.99.